The SMILES string of the molecule is COC(=O)CS(=O)(=O)CCOc1ccc(CN)cc1. The molecule has 19 heavy (non-hydrogen) atoms. The molecule has 0 saturated heterocycles. The molecule has 0 fully saturated rings. The Morgan fingerprint density at radius 2 is 1.89 bits per heavy atom. The molecule has 0 amide bonds. The van der Waals surface area contributed by atoms with Crippen molar-refractivity contribution >= 4 is 15.8 Å². The normalized spacial score (nSPS) is 11.1. The van der Waals surface area contributed by atoms with Crippen LogP contribution in [0.3, 0.4) is 0 Å². The summed E-state index contributed by atoms with van der Waals surface area (Å²) in [6.45, 7) is 0.426. The van der Waals surface area contributed by atoms with Gasteiger partial charge in [0, 0.05) is 6.54 Å². The highest BCUT2D eigenvalue weighted by Gasteiger charge is 2.17. The third kappa shape index (κ3) is 5.71. The number of hydrogen-bond donors (Lipinski definition) is 1. The molecule has 1 aromatic carbocycles. The predicted octanol–water partition coefficient (Wildman–Crippen LogP) is 0.112. The van der Waals surface area contributed by atoms with E-state index in [0.29, 0.717) is 12.3 Å². The third-order valence-corrected chi connectivity index (χ3v) is 3.85. The van der Waals surface area contributed by atoms with Crippen LogP contribution in [0.15, 0.2) is 24.3 Å². The highest BCUT2D eigenvalue weighted by Crippen LogP contribution is 2.11. The van der Waals surface area contributed by atoms with Gasteiger partial charge < -0.3 is 15.2 Å². The molecule has 0 heterocycles. The maximum absolute atomic E-state index is 11.5. The lowest BCUT2D eigenvalue weighted by Gasteiger charge is -2.07. The lowest BCUT2D eigenvalue weighted by molar-refractivity contribution is -0.137. The van der Waals surface area contributed by atoms with Crippen LogP contribution in [0.4, 0.5) is 0 Å². The molecule has 0 aromatic heterocycles. The van der Waals surface area contributed by atoms with E-state index >= 15 is 0 Å². The Kier molecular flexibility index (Phi) is 5.78. The topological polar surface area (TPSA) is 95.7 Å². The molecule has 0 aliphatic rings. The van der Waals surface area contributed by atoms with Crippen LogP contribution in [-0.2, 0) is 25.9 Å². The van der Waals surface area contributed by atoms with E-state index in [2.05, 4.69) is 4.74 Å². The van der Waals surface area contributed by atoms with E-state index in [1.165, 1.54) is 0 Å². The van der Waals surface area contributed by atoms with Gasteiger partial charge in [0.15, 0.2) is 9.84 Å². The van der Waals surface area contributed by atoms with E-state index < -0.39 is 21.6 Å². The van der Waals surface area contributed by atoms with Crippen molar-refractivity contribution in [2.24, 2.45) is 5.73 Å². The monoisotopic (exact) mass is 287 g/mol. The zero-order valence-corrected chi connectivity index (χ0v) is 11.5. The number of nitrogens with two attached hydrogens (primary N) is 1. The number of benzene rings is 1. The molecule has 0 aliphatic heterocycles. The molecule has 1 aromatic rings. The van der Waals surface area contributed by atoms with E-state index in [4.69, 9.17) is 10.5 Å². The number of methoxy groups -OCH3 is 1. The summed E-state index contributed by atoms with van der Waals surface area (Å²) < 4.78 is 32.6. The van der Waals surface area contributed by atoms with Gasteiger partial charge in [0.1, 0.15) is 18.1 Å². The number of ether oxygens (including phenoxy) is 2. The summed E-state index contributed by atoms with van der Waals surface area (Å²) in [5.41, 5.74) is 6.42. The van der Waals surface area contributed by atoms with Gasteiger partial charge in [-0.3, -0.25) is 4.79 Å². The first-order valence-electron chi connectivity index (χ1n) is 5.66. The summed E-state index contributed by atoms with van der Waals surface area (Å²) >= 11 is 0. The maximum atomic E-state index is 11.5. The van der Waals surface area contributed by atoms with Gasteiger partial charge in [0.25, 0.3) is 0 Å². The number of carbonyl (C=O) groups is 1. The molecule has 2 N–H and O–H groups in total. The zero-order valence-electron chi connectivity index (χ0n) is 10.7. The Hall–Kier alpha value is -1.60. The number of hydrogen-bond acceptors (Lipinski definition) is 6. The molecule has 0 aliphatic carbocycles. The Balaban J connectivity index is 2.42. The smallest absolute Gasteiger partial charge is 0.320 e. The largest absolute Gasteiger partial charge is 0.493 e. The minimum absolute atomic E-state index is 0.0126. The molecule has 1 rings (SSSR count). The summed E-state index contributed by atoms with van der Waals surface area (Å²) in [6.07, 6.45) is 0. The van der Waals surface area contributed by atoms with Crippen LogP contribution in [-0.4, -0.2) is 39.6 Å². The van der Waals surface area contributed by atoms with Gasteiger partial charge in [-0.1, -0.05) is 12.1 Å². The zero-order chi connectivity index (χ0) is 14.3. The second-order valence-electron chi connectivity index (χ2n) is 3.86. The molecular weight excluding hydrogens is 270 g/mol. The summed E-state index contributed by atoms with van der Waals surface area (Å²) in [7, 11) is -2.35. The standard InChI is InChI=1S/C12H17NO5S/c1-17-12(14)9-19(15,16)7-6-18-11-4-2-10(8-13)3-5-11/h2-5H,6-9,13H2,1H3. The summed E-state index contributed by atoms with van der Waals surface area (Å²) in [5, 5.41) is 0. The van der Waals surface area contributed by atoms with Crippen LogP contribution >= 0.6 is 0 Å². The molecule has 6 nitrogen and oxygen atoms in total. The van der Waals surface area contributed by atoms with Crippen molar-refractivity contribution in [3.05, 3.63) is 29.8 Å². The van der Waals surface area contributed by atoms with E-state index in [9.17, 15) is 13.2 Å². The Labute approximate surface area is 112 Å². The average molecular weight is 287 g/mol. The summed E-state index contributed by atoms with van der Waals surface area (Å²) in [4.78, 5) is 10.9. The summed E-state index contributed by atoms with van der Waals surface area (Å²) in [6, 6.07) is 7.04. The minimum Gasteiger partial charge on any atom is -0.493 e. The number of rotatable bonds is 7. The molecule has 0 radical (unpaired) electrons. The van der Waals surface area contributed by atoms with Crippen LogP contribution < -0.4 is 10.5 Å². The number of esters is 1. The molecular formula is C12H17NO5S. The Morgan fingerprint density at radius 3 is 2.42 bits per heavy atom. The molecule has 7 heteroatoms. The quantitative estimate of drug-likeness (QED) is 0.715. The second-order valence-corrected chi connectivity index (χ2v) is 6.05. The maximum Gasteiger partial charge on any atom is 0.320 e. The van der Waals surface area contributed by atoms with Crippen LogP contribution in [0.1, 0.15) is 5.56 Å². The van der Waals surface area contributed by atoms with E-state index in [1.54, 1.807) is 24.3 Å². The van der Waals surface area contributed by atoms with Crippen LogP contribution in [0.25, 0.3) is 0 Å². The fourth-order valence-electron chi connectivity index (χ4n) is 1.32. The molecule has 0 saturated carbocycles. The van der Waals surface area contributed by atoms with Gasteiger partial charge in [-0.15, -0.1) is 0 Å². The minimum atomic E-state index is -3.50. The van der Waals surface area contributed by atoms with Crippen LogP contribution in [0, 0.1) is 0 Å². The second kappa shape index (κ2) is 7.10. The van der Waals surface area contributed by atoms with Crippen molar-refractivity contribution in [3.8, 4) is 5.75 Å². The molecule has 0 bridgehead atoms. The fraction of sp³-hybridized carbons (Fsp3) is 0.417. The average Bonchev–Trinajstić information content (AvgIpc) is 2.38. The van der Waals surface area contributed by atoms with Crippen molar-refractivity contribution in [1.29, 1.82) is 0 Å². The van der Waals surface area contributed by atoms with Crippen LogP contribution in [0.2, 0.25) is 0 Å². The van der Waals surface area contributed by atoms with Crippen molar-refractivity contribution in [2.45, 2.75) is 6.54 Å². The predicted molar refractivity (Wildman–Crippen MR) is 70.5 cm³/mol. The van der Waals surface area contributed by atoms with Gasteiger partial charge in [-0.25, -0.2) is 8.42 Å². The lowest BCUT2D eigenvalue weighted by Crippen LogP contribution is -2.23. The van der Waals surface area contributed by atoms with Gasteiger partial charge in [-0.2, -0.15) is 0 Å². The molecule has 0 unspecified atom stereocenters. The fourth-order valence-corrected chi connectivity index (χ4v) is 2.28. The Morgan fingerprint density at radius 1 is 1.26 bits per heavy atom. The van der Waals surface area contributed by atoms with E-state index in [1.807, 2.05) is 0 Å². The molecule has 0 atom stereocenters. The number of carbonyl (C=O) groups excluding carboxylic acids is 1. The lowest BCUT2D eigenvalue weighted by atomic mass is 10.2. The highest BCUT2D eigenvalue weighted by atomic mass is 32.2. The summed E-state index contributed by atoms with van der Waals surface area (Å²) in [5.74, 6) is -1.07. The van der Waals surface area contributed by atoms with Crippen molar-refractivity contribution in [2.75, 3.05) is 25.2 Å². The van der Waals surface area contributed by atoms with Crippen molar-refractivity contribution in [3.63, 3.8) is 0 Å². The van der Waals surface area contributed by atoms with E-state index in [-0.39, 0.29) is 12.4 Å². The third-order valence-electron chi connectivity index (χ3n) is 2.39. The van der Waals surface area contributed by atoms with Crippen LogP contribution in [0.5, 0.6) is 5.75 Å². The van der Waals surface area contributed by atoms with Crippen molar-refractivity contribution in [1.82, 2.24) is 0 Å². The van der Waals surface area contributed by atoms with Crippen molar-refractivity contribution < 1.29 is 22.7 Å². The van der Waals surface area contributed by atoms with E-state index in [0.717, 1.165) is 12.7 Å². The first-order valence-corrected chi connectivity index (χ1v) is 7.48. The van der Waals surface area contributed by atoms with Gasteiger partial charge >= 0.3 is 5.97 Å². The van der Waals surface area contributed by atoms with Gasteiger partial charge in [0.05, 0.1) is 12.9 Å². The van der Waals surface area contributed by atoms with Gasteiger partial charge in [0.2, 0.25) is 0 Å². The molecule has 0 spiro atoms. The number of sulfone groups is 1. The highest BCUT2D eigenvalue weighted by molar-refractivity contribution is 7.92. The van der Waals surface area contributed by atoms with Gasteiger partial charge in [-0.05, 0) is 17.7 Å². The first-order chi connectivity index (χ1) is 8.96. The molecule has 106 valence electrons. The Bertz CT molecular complexity index is 509. The first kappa shape index (κ1) is 15.5.